The van der Waals surface area contributed by atoms with Gasteiger partial charge >= 0.3 is 6.09 Å². The van der Waals surface area contributed by atoms with Gasteiger partial charge in [-0.15, -0.1) is 0 Å². The number of aliphatic hydroxyl groups is 1. The van der Waals surface area contributed by atoms with Crippen LogP contribution in [0.2, 0.25) is 0 Å². The Bertz CT molecular complexity index is 1190. The number of rotatable bonds is 4. The molecule has 2 fully saturated rings. The lowest BCUT2D eigenvalue weighted by Crippen LogP contribution is -2.48. The Labute approximate surface area is 201 Å². The van der Waals surface area contributed by atoms with Crippen molar-refractivity contribution in [3.05, 3.63) is 59.4 Å². The number of nitrogens with zero attached hydrogens (tertiary/aromatic N) is 3. The first kappa shape index (κ1) is 22.7. The minimum absolute atomic E-state index is 0.00730. The van der Waals surface area contributed by atoms with Crippen molar-refractivity contribution in [1.82, 2.24) is 14.8 Å². The lowest BCUT2D eigenvalue weighted by atomic mass is 9.94. The Kier molecular flexibility index (Phi) is 6.02. The molecule has 0 saturated carbocycles. The molecule has 10 nitrogen and oxygen atoms in total. The molecule has 35 heavy (non-hydrogen) atoms. The summed E-state index contributed by atoms with van der Waals surface area (Å²) in [6.45, 7) is 2.91. The van der Waals surface area contributed by atoms with Crippen LogP contribution < -0.4 is 9.47 Å². The van der Waals surface area contributed by atoms with E-state index in [9.17, 15) is 19.5 Å². The van der Waals surface area contributed by atoms with Crippen LogP contribution in [-0.4, -0.2) is 70.2 Å². The number of aliphatic hydroxyl groups excluding tert-OH is 1. The number of pyridine rings is 1. The van der Waals surface area contributed by atoms with E-state index in [1.807, 2.05) is 0 Å². The van der Waals surface area contributed by atoms with Crippen LogP contribution in [0.4, 0.5) is 4.79 Å². The van der Waals surface area contributed by atoms with E-state index < -0.39 is 17.7 Å². The molecule has 2 aromatic rings. The predicted octanol–water partition coefficient (Wildman–Crippen LogP) is 2.85. The van der Waals surface area contributed by atoms with Crippen LogP contribution in [0.1, 0.15) is 36.9 Å². The van der Waals surface area contributed by atoms with Crippen LogP contribution in [0, 0.1) is 0 Å². The highest BCUT2D eigenvalue weighted by Crippen LogP contribution is 2.43. The van der Waals surface area contributed by atoms with Gasteiger partial charge in [0.1, 0.15) is 5.76 Å². The number of benzene rings is 1. The van der Waals surface area contributed by atoms with E-state index in [4.69, 9.17) is 14.2 Å². The van der Waals surface area contributed by atoms with E-state index in [1.54, 1.807) is 59.4 Å². The first-order chi connectivity index (χ1) is 17.0. The summed E-state index contributed by atoms with van der Waals surface area (Å²) in [5, 5.41) is 11.3. The molecule has 0 radical (unpaired) electrons. The van der Waals surface area contributed by atoms with E-state index in [0.717, 1.165) is 0 Å². The number of ketones is 1. The molecule has 0 spiro atoms. The van der Waals surface area contributed by atoms with Crippen LogP contribution in [0.15, 0.2) is 48.3 Å². The predicted molar refractivity (Wildman–Crippen MR) is 123 cm³/mol. The molecule has 1 aromatic heterocycles. The van der Waals surface area contributed by atoms with Crippen LogP contribution in [0.25, 0.3) is 5.76 Å². The zero-order chi connectivity index (χ0) is 24.5. The Morgan fingerprint density at radius 3 is 2.54 bits per heavy atom. The summed E-state index contributed by atoms with van der Waals surface area (Å²) in [5.41, 5.74) is 1.02. The maximum atomic E-state index is 13.3. The number of carbonyl (C=O) groups is 3. The van der Waals surface area contributed by atoms with Gasteiger partial charge in [0, 0.05) is 37.1 Å². The minimum atomic E-state index is -0.789. The molecule has 10 heteroatoms. The normalized spacial score (nSPS) is 21.5. The SMILES string of the molecule is CCOC(=O)N1CCC(N2C(=O)C(=O)/C(=C(\O)c3ccc4c(c3)OCO4)C2c2ccncc2)CC1. The fraction of sp³-hybridized carbons (Fsp3) is 0.360. The van der Waals surface area contributed by atoms with Crippen LogP contribution in [0.5, 0.6) is 11.5 Å². The summed E-state index contributed by atoms with van der Waals surface area (Å²) in [4.78, 5) is 45.9. The average molecular weight is 479 g/mol. The van der Waals surface area contributed by atoms with E-state index >= 15 is 0 Å². The van der Waals surface area contributed by atoms with Crippen LogP contribution >= 0.6 is 0 Å². The second kappa shape index (κ2) is 9.28. The number of hydrogen-bond acceptors (Lipinski definition) is 8. The largest absolute Gasteiger partial charge is 0.507 e. The maximum absolute atomic E-state index is 13.3. The highest BCUT2D eigenvalue weighted by Gasteiger charge is 2.49. The van der Waals surface area contributed by atoms with Gasteiger partial charge in [-0.05, 0) is 55.7 Å². The Balaban J connectivity index is 1.51. The lowest BCUT2D eigenvalue weighted by Gasteiger charge is -2.38. The Morgan fingerprint density at radius 2 is 1.83 bits per heavy atom. The summed E-state index contributed by atoms with van der Waals surface area (Å²) >= 11 is 0. The van der Waals surface area contributed by atoms with Crippen molar-refractivity contribution < 1.29 is 33.7 Å². The summed E-state index contributed by atoms with van der Waals surface area (Å²) in [6.07, 6.45) is 3.75. The Hall–Kier alpha value is -4.08. The number of carbonyl (C=O) groups excluding carboxylic acids is 3. The van der Waals surface area contributed by atoms with Crippen molar-refractivity contribution in [2.24, 2.45) is 0 Å². The van der Waals surface area contributed by atoms with E-state index in [0.29, 0.717) is 48.6 Å². The van der Waals surface area contributed by atoms with Crippen LogP contribution in [-0.2, 0) is 14.3 Å². The maximum Gasteiger partial charge on any atom is 0.409 e. The molecule has 0 bridgehead atoms. The molecular formula is C25H25N3O7. The minimum Gasteiger partial charge on any atom is -0.507 e. The fourth-order valence-electron chi connectivity index (χ4n) is 4.84. The van der Waals surface area contributed by atoms with E-state index in [-0.39, 0.29) is 36.9 Å². The first-order valence-electron chi connectivity index (χ1n) is 11.5. The summed E-state index contributed by atoms with van der Waals surface area (Å²) < 4.78 is 15.8. The van der Waals surface area contributed by atoms with Gasteiger partial charge in [-0.1, -0.05) is 0 Å². The zero-order valence-electron chi connectivity index (χ0n) is 19.2. The highest BCUT2D eigenvalue weighted by molar-refractivity contribution is 6.46. The van der Waals surface area contributed by atoms with Crippen molar-refractivity contribution >= 4 is 23.5 Å². The highest BCUT2D eigenvalue weighted by atomic mass is 16.7. The van der Waals surface area contributed by atoms with Gasteiger partial charge in [-0.25, -0.2) is 4.79 Å². The molecule has 3 aliphatic rings. The third kappa shape index (κ3) is 4.05. The molecule has 2 amide bonds. The Morgan fingerprint density at radius 1 is 1.11 bits per heavy atom. The molecule has 1 N–H and O–H groups in total. The topological polar surface area (TPSA) is 119 Å². The van der Waals surface area contributed by atoms with Gasteiger partial charge < -0.3 is 29.1 Å². The van der Waals surface area contributed by atoms with Crippen molar-refractivity contribution in [3.63, 3.8) is 0 Å². The second-order valence-corrected chi connectivity index (χ2v) is 8.47. The summed E-state index contributed by atoms with van der Waals surface area (Å²) in [6, 6.07) is 7.23. The van der Waals surface area contributed by atoms with Crippen molar-refractivity contribution in [2.45, 2.75) is 31.8 Å². The molecule has 0 aliphatic carbocycles. The number of fused-ring (bicyclic) bond motifs is 1. The van der Waals surface area contributed by atoms with Gasteiger partial charge in [-0.2, -0.15) is 0 Å². The van der Waals surface area contributed by atoms with E-state index in [1.165, 1.54) is 0 Å². The van der Waals surface area contributed by atoms with Crippen molar-refractivity contribution in [3.8, 4) is 11.5 Å². The number of likely N-dealkylation sites (tertiary alicyclic amines) is 2. The summed E-state index contributed by atoms with van der Waals surface area (Å²) in [5.74, 6) is -0.718. The molecule has 2 saturated heterocycles. The molecule has 5 rings (SSSR count). The third-order valence-electron chi connectivity index (χ3n) is 6.53. The smallest absolute Gasteiger partial charge is 0.409 e. The number of hydrogen-bond donors (Lipinski definition) is 1. The quantitative estimate of drug-likeness (QED) is 0.404. The molecule has 1 aromatic carbocycles. The van der Waals surface area contributed by atoms with Crippen molar-refractivity contribution in [2.75, 3.05) is 26.5 Å². The molecular weight excluding hydrogens is 454 g/mol. The van der Waals surface area contributed by atoms with Gasteiger partial charge in [0.25, 0.3) is 11.7 Å². The summed E-state index contributed by atoms with van der Waals surface area (Å²) in [7, 11) is 0. The molecule has 1 unspecified atom stereocenters. The monoisotopic (exact) mass is 479 g/mol. The lowest BCUT2D eigenvalue weighted by molar-refractivity contribution is -0.142. The molecule has 182 valence electrons. The van der Waals surface area contributed by atoms with Gasteiger partial charge in [-0.3, -0.25) is 14.6 Å². The third-order valence-corrected chi connectivity index (χ3v) is 6.53. The molecule has 1 atom stereocenters. The van der Waals surface area contributed by atoms with Crippen molar-refractivity contribution in [1.29, 1.82) is 0 Å². The van der Waals surface area contributed by atoms with Gasteiger partial charge in [0.15, 0.2) is 11.5 Å². The fourth-order valence-corrected chi connectivity index (χ4v) is 4.84. The molecule has 3 aliphatic heterocycles. The number of piperidine rings is 1. The number of aromatic nitrogens is 1. The average Bonchev–Trinajstić information content (AvgIpc) is 3.46. The zero-order valence-corrected chi connectivity index (χ0v) is 19.2. The van der Waals surface area contributed by atoms with Gasteiger partial charge in [0.2, 0.25) is 6.79 Å². The molecule has 4 heterocycles. The standard InChI is InChI=1S/C25H25N3O7/c1-2-33-25(32)27-11-7-17(8-12-27)28-21(15-5-9-26-10-6-15)20(23(30)24(28)31)22(29)16-3-4-18-19(13-16)35-14-34-18/h3-6,9-10,13,17,21,29H,2,7-8,11-12,14H2,1H3/b22-20-. The first-order valence-corrected chi connectivity index (χ1v) is 11.5. The number of ether oxygens (including phenoxy) is 3. The second-order valence-electron chi connectivity index (χ2n) is 8.47. The number of amides is 2. The van der Waals surface area contributed by atoms with Gasteiger partial charge in [0.05, 0.1) is 18.2 Å². The van der Waals surface area contributed by atoms with E-state index in [2.05, 4.69) is 4.98 Å². The van der Waals surface area contributed by atoms with Crippen LogP contribution in [0.3, 0.4) is 0 Å². The number of Topliss-reactive ketones (excluding diaryl/α,β-unsaturated/α-hetero) is 1.